The number of aliphatic imine (C=N–C) groups is 1. The highest BCUT2D eigenvalue weighted by Gasteiger charge is 2.16. The van der Waals surface area contributed by atoms with E-state index in [2.05, 4.69) is 22.4 Å². The maximum atomic E-state index is 6.25. The summed E-state index contributed by atoms with van der Waals surface area (Å²) in [6.07, 6.45) is 3.54. The molecule has 138 valence electrons. The lowest BCUT2D eigenvalue weighted by Gasteiger charge is -2.20. The standard InChI is InChI=1S/C19H20ClN3O2.HI/c20-16-8-12(9-17-18(16)25-7-6-24-17)11-22-19(21)23-15-5-4-13-2-1-3-14(13)10-15;/h4-5,8-10H,1-3,6-7,11H2,(H3,21,22,23);1H. The number of nitrogens with two attached hydrogens (primary N) is 1. The van der Waals surface area contributed by atoms with Gasteiger partial charge in [-0.1, -0.05) is 17.7 Å². The molecule has 7 heteroatoms. The van der Waals surface area contributed by atoms with Crippen LogP contribution in [0.3, 0.4) is 0 Å². The Bertz CT molecular complexity index is 842. The zero-order chi connectivity index (χ0) is 17.2. The summed E-state index contributed by atoms with van der Waals surface area (Å²) in [5.41, 5.74) is 10.8. The Morgan fingerprint density at radius 2 is 1.92 bits per heavy atom. The lowest BCUT2D eigenvalue weighted by Crippen LogP contribution is -2.22. The van der Waals surface area contributed by atoms with Gasteiger partial charge in [-0.15, -0.1) is 24.0 Å². The van der Waals surface area contributed by atoms with Crippen molar-refractivity contribution < 1.29 is 9.47 Å². The van der Waals surface area contributed by atoms with Crippen molar-refractivity contribution in [2.45, 2.75) is 25.8 Å². The van der Waals surface area contributed by atoms with Crippen LogP contribution in [0.1, 0.15) is 23.1 Å². The van der Waals surface area contributed by atoms with E-state index in [1.807, 2.05) is 18.2 Å². The minimum Gasteiger partial charge on any atom is -0.486 e. The predicted octanol–water partition coefficient (Wildman–Crippen LogP) is 4.14. The third-order valence-corrected chi connectivity index (χ3v) is 4.74. The molecule has 0 bridgehead atoms. The summed E-state index contributed by atoms with van der Waals surface area (Å²) in [5.74, 6) is 1.64. The molecule has 0 unspecified atom stereocenters. The normalized spacial score (nSPS) is 15.2. The van der Waals surface area contributed by atoms with Gasteiger partial charge in [-0.3, -0.25) is 0 Å². The van der Waals surface area contributed by atoms with Gasteiger partial charge in [-0.2, -0.15) is 0 Å². The highest BCUT2D eigenvalue weighted by Crippen LogP contribution is 2.38. The zero-order valence-electron chi connectivity index (χ0n) is 14.3. The molecule has 1 aliphatic heterocycles. The molecule has 1 heterocycles. The van der Waals surface area contributed by atoms with Crippen LogP contribution >= 0.6 is 35.6 Å². The van der Waals surface area contributed by atoms with Gasteiger partial charge in [0.05, 0.1) is 11.6 Å². The third-order valence-electron chi connectivity index (χ3n) is 4.46. The van der Waals surface area contributed by atoms with Crippen LogP contribution in [0, 0.1) is 0 Å². The first-order valence-electron chi connectivity index (χ1n) is 8.46. The Balaban J connectivity index is 0.00000196. The van der Waals surface area contributed by atoms with Crippen LogP contribution < -0.4 is 20.5 Å². The molecular weight excluding hydrogens is 465 g/mol. The van der Waals surface area contributed by atoms with E-state index in [0.717, 1.165) is 17.7 Å². The van der Waals surface area contributed by atoms with Crippen LogP contribution in [-0.2, 0) is 19.4 Å². The number of benzene rings is 2. The van der Waals surface area contributed by atoms with Gasteiger partial charge in [0.1, 0.15) is 13.2 Å². The van der Waals surface area contributed by atoms with Crippen LogP contribution in [0.5, 0.6) is 11.5 Å². The van der Waals surface area contributed by atoms with Crippen molar-refractivity contribution in [3.63, 3.8) is 0 Å². The summed E-state index contributed by atoms with van der Waals surface area (Å²) in [6.45, 7) is 1.46. The predicted molar refractivity (Wildman–Crippen MR) is 115 cm³/mol. The SMILES string of the molecule is I.NC(=NCc1cc(Cl)c2c(c1)OCCO2)Nc1ccc2c(c1)CCC2. The summed E-state index contributed by atoms with van der Waals surface area (Å²) in [7, 11) is 0. The second kappa shape index (κ2) is 8.35. The van der Waals surface area contributed by atoms with E-state index in [-0.39, 0.29) is 24.0 Å². The number of hydrogen-bond donors (Lipinski definition) is 2. The van der Waals surface area contributed by atoms with Crippen molar-refractivity contribution in [1.82, 2.24) is 0 Å². The van der Waals surface area contributed by atoms with Crippen molar-refractivity contribution in [2.75, 3.05) is 18.5 Å². The highest BCUT2D eigenvalue weighted by atomic mass is 127. The number of aryl methyl sites for hydroxylation is 2. The molecule has 5 nitrogen and oxygen atoms in total. The van der Waals surface area contributed by atoms with E-state index in [1.165, 1.54) is 24.0 Å². The molecular formula is C19H21ClIN3O2. The van der Waals surface area contributed by atoms with Gasteiger partial charge in [-0.25, -0.2) is 4.99 Å². The Hall–Kier alpha value is -1.67. The summed E-state index contributed by atoms with van der Waals surface area (Å²) < 4.78 is 11.1. The van der Waals surface area contributed by atoms with Gasteiger partial charge in [0.15, 0.2) is 17.5 Å². The fourth-order valence-electron chi connectivity index (χ4n) is 3.27. The lowest BCUT2D eigenvalue weighted by molar-refractivity contribution is 0.171. The number of ether oxygens (including phenoxy) is 2. The third kappa shape index (κ3) is 4.17. The molecule has 0 atom stereocenters. The van der Waals surface area contributed by atoms with Crippen LogP contribution in [-0.4, -0.2) is 19.2 Å². The summed E-state index contributed by atoms with van der Waals surface area (Å²) in [5, 5.41) is 3.69. The summed E-state index contributed by atoms with van der Waals surface area (Å²) >= 11 is 6.25. The number of guanidine groups is 1. The summed E-state index contributed by atoms with van der Waals surface area (Å²) in [4.78, 5) is 4.40. The number of halogens is 2. The molecule has 0 saturated carbocycles. The van der Waals surface area contributed by atoms with Crippen molar-refractivity contribution in [3.05, 3.63) is 52.0 Å². The Morgan fingerprint density at radius 1 is 1.12 bits per heavy atom. The molecule has 0 radical (unpaired) electrons. The second-order valence-electron chi connectivity index (χ2n) is 6.27. The number of nitrogens with zero attached hydrogens (tertiary/aromatic N) is 1. The van der Waals surface area contributed by atoms with Gasteiger partial charge in [-0.05, 0) is 60.2 Å². The monoisotopic (exact) mass is 485 g/mol. The maximum Gasteiger partial charge on any atom is 0.193 e. The van der Waals surface area contributed by atoms with E-state index < -0.39 is 0 Å². The molecule has 0 fully saturated rings. The molecule has 26 heavy (non-hydrogen) atoms. The Labute approximate surface area is 174 Å². The Morgan fingerprint density at radius 3 is 2.81 bits per heavy atom. The quantitative estimate of drug-likeness (QED) is 0.389. The van der Waals surface area contributed by atoms with E-state index in [4.69, 9.17) is 26.8 Å². The van der Waals surface area contributed by atoms with E-state index in [1.54, 1.807) is 0 Å². The number of fused-ring (bicyclic) bond motifs is 2. The fourth-order valence-corrected chi connectivity index (χ4v) is 3.56. The van der Waals surface area contributed by atoms with Crippen LogP contribution in [0.4, 0.5) is 5.69 Å². The van der Waals surface area contributed by atoms with Crippen LogP contribution in [0.15, 0.2) is 35.3 Å². The minimum atomic E-state index is 0. The molecule has 3 N–H and O–H groups in total. The second-order valence-corrected chi connectivity index (χ2v) is 6.67. The van der Waals surface area contributed by atoms with Gasteiger partial charge in [0, 0.05) is 5.69 Å². The molecule has 0 spiro atoms. The van der Waals surface area contributed by atoms with Crippen molar-refractivity contribution in [3.8, 4) is 11.5 Å². The van der Waals surface area contributed by atoms with E-state index in [0.29, 0.717) is 42.2 Å². The topological polar surface area (TPSA) is 68.9 Å². The molecule has 2 aromatic carbocycles. The van der Waals surface area contributed by atoms with Gasteiger partial charge < -0.3 is 20.5 Å². The van der Waals surface area contributed by atoms with Gasteiger partial charge in [0.2, 0.25) is 0 Å². The molecule has 2 aliphatic rings. The molecule has 4 rings (SSSR count). The molecule has 2 aromatic rings. The number of hydrogen-bond acceptors (Lipinski definition) is 3. The van der Waals surface area contributed by atoms with E-state index >= 15 is 0 Å². The van der Waals surface area contributed by atoms with Crippen molar-refractivity contribution >= 4 is 47.2 Å². The van der Waals surface area contributed by atoms with Crippen LogP contribution in [0.2, 0.25) is 5.02 Å². The largest absolute Gasteiger partial charge is 0.486 e. The Kier molecular flexibility index (Phi) is 6.13. The minimum absolute atomic E-state index is 0. The smallest absolute Gasteiger partial charge is 0.193 e. The van der Waals surface area contributed by atoms with Gasteiger partial charge >= 0.3 is 0 Å². The molecule has 1 aliphatic carbocycles. The average molecular weight is 486 g/mol. The van der Waals surface area contributed by atoms with E-state index in [9.17, 15) is 0 Å². The zero-order valence-corrected chi connectivity index (χ0v) is 17.3. The van der Waals surface area contributed by atoms with Crippen molar-refractivity contribution in [2.24, 2.45) is 10.7 Å². The number of nitrogens with one attached hydrogen (secondary N) is 1. The molecule has 0 amide bonds. The molecule has 0 saturated heterocycles. The number of rotatable bonds is 3. The maximum absolute atomic E-state index is 6.25. The van der Waals surface area contributed by atoms with Gasteiger partial charge in [0.25, 0.3) is 0 Å². The van der Waals surface area contributed by atoms with Crippen LogP contribution in [0.25, 0.3) is 0 Å². The molecule has 0 aromatic heterocycles. The average Bonchev–Trinajstić information content (AvgIpc) is 3.08. The highest BCUT2D eigenvalue weighted by molar-refractivity contribution is 14.0. The first kappa shape index (κ1) is 19.1. The first-order chi connectivity index (χ1) is 12.2. The van der Waals surface area contributed by atoms with Crippen molar-refractivity contribution in [1.29, 1.82) is 0 Å². The fraction of sp³-hybridized carbons (Fsp3) is 0.316. The first-order valence-corrected chi connectivity index (χ1v) is 8.83. The number of anilines is 1. The summed E-state index contributed by atoms with van der Waals surface area (Å²) in [6, 6.07) is 10.1. The lowest BCUT2D eigenvalue weighted by atomic mass is 10.1.